The van der Waals surface area contributed by atoms with Gasteiger partial charge < -0.3 is 15.0 Å². The molecule has 0 radical (unpaired) electrons. The summed E-state index contributed by atoms with van der Waals surface area (Å²) < 4.78 is 0. The minimum atomic E-state index is -1.17. The van der Waals surface area contributed by atoms with Crippen molar-refractivity contribution in [3.8, 4) is 5.75 Å². The van der Waals surface area contributed by atoms with Crippen LogP contribution in [0.5, 0.6) is 5.75 Å². The topological polar surface area (TPSA) is 74.6 Å². The van der Waals surface area contributed by atoms with Gasteiger partial charge in [-0.2, -0.15) is 0 Å². The van der Waals surface area contributed by atoms with Crippen molar-refractivity contribution in [1.82, 2.24) is 0 Å². The lowest BCUT2D eigenvalue weighted by molar-refractivity contribution is -0.107. The van der Waals surface area contributed by atoms with Crippen molar-refractivity contribution in [3.63, 3.8) is 0 Å². The average Bonchev–Trinajstić information content (AvgIpc) is 2.45. The summed E-state index contributed by atoms with van der Waals surface area (Å²) in [6, 6.07) is 0. The van der Waals surface area contributed by atoms with Crippen LogP contribution >= 0.6 is 30.1 Å². The number of phenols is 1. The van der Waals surface area contributed by atoms with E-state index in [2.05, 4.69) is 28.1 Å². The molecule has 0 atom stereocenters. The van der Waals surface area contributed by atoms with Gasteiger partial charge in [-0.15, -0.1) is 0 Å². The minimum absolute atomic E-state index is 0.0381. The smallest absolute Gasteiger partial charge is 0.339 e. The fraction of sp³-hybridized carbons (Fsp3) is 0.467. The first-order chi connectivity index (χ1) is 9.87. The summed E-state index contributed by atoms with van der Waals surface area (Å²) in [5.41, 5.74) is 2.58. The summed E-state index contributed by atoms with van der Waals surface area (Å²) in [6.07, 6.45) is 1.37. The molecular weight excluding hydrogens is 403 g/mol. The molecule has 0 heterocycles. The zero-order chi connectivity index (χ0) is 16.6. The highest BCUT2D eigenvalue weighted by Gasteiger charge is 2.22. The summed E-state index contributed by atoms with van der Waals surface area (Å²) in [7, 11) is 1.83. The highest BCUT2D eigenvalue weighted by molar-refractivity contribution is 14.2. The first-order valence-electron chi connectivity index (χ1n) is 6.61. The molecule has 118 valence electrons. The number of benzene rings is 1. The van der Waals surface area contributed by atoms with Crippen LogP contribution in [0.2, 0.25) is 0 Å². The predicted molar refractivity (Wildman–Crippen MR) is 95.8 cm³/mol. The molecule has 0 saturated carbocycles. The molecular formula is C15H21IO4S. The number of rotatable bonds is 5. The van der Waals surface area contributed by atoms with Gasteiger partial charge in [-0.1, -0.05) is 22.8 Å². The number of carbonyl (C=O) groups is 2. The molecule has 1 aromatic carbocycles. The standard InChI is InChI=1S/C13H16O4.C2H5IS/c1-4-9-7(2)8(3)11(13(16)17)12(15)10(9)5-6-14;1-2-4-3/h6,15H,4-5H2,1-3H3,(H,16,17);2H2,1H3. The predicted octanol–water partition coefficient (Wildman–Crippen LogP) is 4.10. The van der Waals surface area contributed by atoms with Gasteiger partial charge in [0.05, 0.1) is 0 Å². The second-order valence-electron chi connectivity index (χ2n) is 4.36. The van der Waals surface area contributed by atoms with Crippen molar-refractivity contribution in [2.24, 2.45) is 0 Å². The number of hydrogen-bond donors (Lipinski definition) is 2. The van der Waals surface area contributed by atoms with E-state index in [9.17, 15) is 14.7 Å². The van der Waals surface area contributed by atoms with Gasteiger partial charge in [-0.05, 0) is 58.2 Å². The zero-order valence-electron chi connectivity index (χ0n) is 12.7. The second kappa shape index (κ2) is 10.0. The summed E-state index contributed by atoms with van der Waals surface area (Å²) in [4.78, 5) is 21.7. The molecule has 6 heteroatoms. The highest BCUT2D eigenvalue weighted by Crippen LogP contribution is 2.33. The Morgan fingerprint density at radius 3 is 2.10 bits per heavy atom. The molecule has 0 fully saturated rings. The molecule has 0 aliphatic heterocycles. The molecule has 21 heavy (non-hydrogen) atoms. The molecule has 0 bridgehead atoms. The van der Waals surface area contributed by atoms with Gasteiger partial charge in [-0.3, -0.25) is 0 Å². The van der Waals surface area contributed by atoms with E-state index in [-0.39, 0.29) is 17.7 Å². The van der Waals surface area contributed by atoms with E-state index in [1.165, 1.54) is 5.75 Å². The lowest BCUT2D eigenvalue weighted by atomic mass is 9.89. The molecule has 2 N–H and O–H groups in total. The quantitative estimate of drug-likeness (QED) is 0.550. The number of carboxylic acid groups (broad SMARTS) is 1. The van der Waals surface area contributed by atoms with Crippen LogP contribution in [0.4, 0.5) is 0 Å². The van der Waals surface area contributed by atoms with Gasteiger partial charge in [0.25, 0.3) is 0 Å². The Hall–Kier alpha value is -0.760. The Kier molecular flexibility index (Phi) is 9.68. The van der Waals surface area contributed by atoms with Gasteiger partial charge in [-0.25, -0.2) is 4.79 Å². The molecule has 0 spiro atoms. The monoisotopic (exact) mass is 424 g/mol. The number of carboxylic acids is 1. The lowest BCUT2D eigenvalue weighted by Gasteiger charge is -2.17. The molecule has 0 aromatic heterocycles. The Morgan fingerprint density at radius 2 is 1.76 bits per heavy atom. The Morgan fingerprint density at radius 1 is 1.24 bits per heavy atom. The van der Waals surface area contributed by atoms with Crippen LogP contribution < -0.4 is 0 Å². The fourth-order valence-corrected chi connectivity index (χ4v) is 2.16. The maximum atomic E-state index is 11.1. The number of aromatic hydroxyl groups is 1. The van der Waals surface area contributed by atoms with Crippen molar-refractivity contribution in [2.45, 2.75) is 40.5 Å². The molecule has 4 nitrogen and oxygen atoms in total. The van der Waals surface area contributed by atoms with E-state index in [1.807, 2.05) is 22.8 Å². The molecule has 0 unspecified atom stereocenters. The number of halogens is 1. The average molecular weight is 424 g/mol. The van der Waals surface area contributed by atoms with Crippen molar-refractivity contribution in [2.75, 3.05) is 5.75 Å². The van der Waals surface area contributed by atoms with Crippen molar-refractivity contribution < 1.29 is 19.8 Å². The second-order valence-corrected chi connectivity index (χ2v) is 7.02. The number of carbonyl (C=O) groups excluding carboxylic acids is 1. The fourth-order valence-electron chi connectivity index (χ4n) is 2.16. The molecule has 0 saturated heterocycles. The molecule has 1 aromatic rings. The molecule has 1 rings (SSSR count). The summed E-state index contributed by atoms with van der Waals surface area (Å²) in [5, 5.41) is 19.0. The van der Waals surface area contributed by atoms with E-state index in [1.54, 1.807) is 6.92 Å². The molecule has 0 aliphatic rings. The Labute approximate surface area is 141 Å². The SMILES string of the molecule is CCSI.CCc1c(C)c(C)c(C(=O)O)c(O)c1CC=O. The number of aldehydes is 1. The van der Waals surface area contributed by atoms with Crippen LogP contribution in [-0.4, -0.2) is 28.2 Å². The maximum Gasteiger partial charge on any atom is 0.339 e. The molecule has 0 amide bonds. The van der Waals surface area contributed by atoms with E-state index < -0.39 is 5.97 Å². The third-order valence-electron chi connectivity index (χ3n) is 3.24. The van der Waals surface area contributed by atoms with E-state index >= 15 is 0 Å². The van der Waals surface area contributed by atoms with Gasteiger partial charge in [0.2, 0.25) is 0 Å². The van der Waals surface area contributed by atoms with Gasteiger partial charge in [0.15, 0.2) is 0 Å². The van der Waals surface area contributed by atoms with Crippen LogP contribution in [0, 0.1) is 13.8 Å². The largest absolute Gasteiger partial charge is 0.507 e. The van der Waals surface area contributed by atoms with Crippen LogP contribution in [0.15, 0.2) is 0 Å². The van der Waals surface area contributed by atoms with E-state index in [4.69, 9.17) is 5.11 Å². The third kappa shape index (κ3) is 5.18. The van der Waals surface area contributed by atoms with Crippen molar-refractivity contribution in [1.29, 1.82) is 0 Å². The van der Waals surface area contributed by atoms with Gasteiger partial charge in [0.1, 0.15) is 17.6 Å². The van der Waals surface area contributed by atoms with Crippen molar-refractivity contribution in [3.05, 3.63) is 27.8 Å². The lowest BCUT2D eigenvalue weighted by Crippen LogP contribution is -2.09. The van der Waals surface area contributed by atoms with Gasteiger partial charge >= 0.3 is 5.97 Å². The summed E-state index contributed by atoms with van der Waals surface area (Å²) in [6.45, 7) is 7.53. The van der Waals surface area contributed by atoms with Crippen LogP contribution in [0.3, 0.4) is 0 Å². The molecule has 0 aliphatic carbocycles. The van der Waals surface area contributed by atoms with Gasteiger partial charge in [0, 0.05) is 17.7 Å². The van der Waals surface area contributed by atoms with Crippen LogP contribution in [-0.2, 0) is 17.6 Å². The first-order valence-corrected chi connectivity index (χ1v) is 10.1. The van der Waals surface area contributed by atoms with Crippen LogP contribution in [0.25, 0.3) is 0 Å². The number of hydrogen-bond acceptors (Lipinski definition) is 4. The Balaban J connectivity index is 0.000000885. The van der Waals surface area contributed by atoms with Crippen molar-refractivity contribution >= 4 is 42.4 Å². The van der Waals surface area contributed by atoms with Crippen LogP contribution in [0.1, 0.15) is 46.5 Å². The summed E-state index contributed by atoms with van der Waals surface area (Å²) >= 11 is 2.27. The van der Waals surface area contributed by atoms with E-state index in [0.717, 1.165) is 11.1 Å². The Bertz CT molecular complexity index is 513. The summed E-state index contributed by atoms with van der Waals surface area (Å²) in [5.74, 6) is -0.219. The zero-order valence-corrected chi connectivity index (χ0v) is 15.7. The minimum Gasteiger partial charge on any atom is -0.507 e. The number of aromatic carboxylic acids is 1. The maximum absolute atomic E-state index is 11.1. The normalized spacial score (nSPS) is 9.76. The van der Waals surface area contributed by atoms with E-state index in [0.29, 0.717) is 23.8 Å². The third-order valence-corrected chi connectivity index (χ3v) is 5.33. The highest BCUT2D eigenvalue weighted by atomic mass is 127. The first kappa shape index (κ1) is 20.2.